The van der Waals surface area contributed by atoms with Gasteiger partial charge in [0.15, 0.2) is 0 Å². The van der Waals surface area contributed by atoms with Gasteiger partial charge in [-0.3, -0.25) is 0 Å². The molecule has 0 bridgehead atoms. The molecule has 0 aromatic carbocycles. The van der Waals surface area contributed by atoms with Crippen LogP contribution in [0, 0.1) is 0 Å². The minimum atomic E-state index is 0.525. The minimum absolute atomic E-state index is 0.525. The Morgan fingerprint density at radius 1 is 1.33 bits per heavy atom. The summed E-state index contributed by atoms with van der Waals surface area (Å²) in [4.78, 5) is 0. The Morgan fingerprint density at radius 3 is 2.17 bits per heavy atom. The first kappa shape index (κ1) is 5.88. The number of nitrogens with two attached hydrogens (primary N) is 2. The van der Waals surface area contributed by atoms with Crippen molar-refractivity contribution in [3.8, 4) is 0 Å². The molecule has 0 atom stereocenters. The van der Waals surface area contributed by atoms with Crippen LogP contribution in [-0.2, 0) is 0 Å². The van der Waals surface area contributed by atoms with Crippen LogP contribution in [0.5, 0.6) is 0 Å². The molecule has 0 saturated heterocycles. The predicted octanol–water partition coefficient (Wildman–Crippen LogP) is -1.55. The van der Waals surface area contributed by atoms with Crippen molar-refractivity contribution in [1.29, 1.82) is 0 Å². The van der Waals surface area contributed by atoms with Crippen molar-refractivity contribution in [1.82, 2.24) is 5.32 Å². The Hall–Kier alpha value is -0.120. The van der Waals surface area contributed by atoms with Crippen molar-refractivity contribution in [2.24, 2.45) is 11.5 Å². The van der Waals surface area contributed by atoms with Crippen molar-refractivity contribution in [2.45, 2.75) is 0 Å². The lowest BCUT2D eigenvalue weighted by molar-refractivity contribution is 0.709. The molecule has 0 saturated carbocycles. The molecule has 0 aromatic heterocycles. The normalized spacial score (nSPS) is 9.00. The largest absolute Gasteiger partial charge is 0.329 e. The summed E-state index contributed by atoms with van der Waals surface area (Å²) < 4.78 is 0. The maximum atomic E-state index is 5.10. The van der Waals surface area contributed by atoms with Gasteiger partial charge in [0.25, 0.3) is 0 Å². The van der Waals surface area contributed by atoms with E-state index < -0.39 is 0 Å². The number of nitrogens with one attached hydrogen (secondary N) is 1. The summed E-state index contributed by atoms with van der Waals surface area (Å²) in [7, 11) is 0. The number of rotatable bonds is 3. The average Bonchev–Trinajstić information content (AvgIpc) is 1.61. The van der Waals surface area contributed by atoms with E-state index in [2.05, 4.69) is 5.32 Å². The first-order valence-electron chi connectivity index (χ1n) is 2.02. The summed E-state index contributed by atoms with van der Waals surface area (Å²) in [6.07, 6.45) is 0. The molecule has 38 valence electrons. The highest BCUT2D eigenvalue weighted by Gasteiger charge is 1.71. The highest BCUT2D eigenvalue weighted by atomic mass is 15.0. The Kier molecular flexibility index (Phi) is 4.78. The van der Waals surface area contributed by atoms with E-state index in [4.69, 9.17) is 11.5 Å². The smallest absolute Gasteiger partial charge is 0.0429 e. The van der Waals surface area contributed by atoms with Gasteiger partial charge < -0.3 is 16.8 Å². The van der Waals surface area contributed by atoms with Crippen LogP contribution >= 0.6 is 0 Å². The summed E-state index contributed by atoms with van der Waals surface area (Å²) in [6.45, 7) is 2.00. The Bertz CT molecular complexity index is 18.0. The molecule has 3 heteroatoms. The van der Waals surface area contributed by atoms with Crippen LogP contribution in [0.4, 0.5) is 0 Å². The number of hydrogen-bond donors (Lipinski definition) is 3. The van der Waals surface area contributed by atoms with E-state index in [1.54, 1.807) is 0 Å². The molecular formula is C3H11N3. The summed E-state index contributed by atoms with van der Waals surface area (Å²) >= 11 is 0. The fourth-order valence-electron chi connectivity index (χ4n) is 0.204. The first-order valence-corrected chi connectivity index (χ1v) is 2.02. The minimum Gasteiger partial charge on any atom is -0.329 e. The maximum absolute atomic E-state index is 5.10. The molecule has 5 N–H and O–H groups in total. The van der Waals surface area contributed by atoms with E-state index in [1.807, 2.05) is 0 Å². The van der Waals surface area contributed by atoms with E-state index in [-0.39, 0.29) is 0 Å². The van der Waals surface area contributed by atoms with Gasteiger partial charge in [0.1, 0.15) is 0 Å². The zero-order chi connectivity index (χ0) is 4.83. The van der Waals surface area contributed by atoms with E-state index in [9.17, 15) is 0 Å². The molecular weight excluding hydrogens is 78.1 g/mol. The highest BCUT2D eigenvalue weighted by Crippen LogP contribution is 1.41. The molecule has 3 nitrogen and oxygen atoms in total. The molecule has 6 heavy (non-hydrogen) atoms. The van der Waals surface area contributed by atoms with E-state index in [0.717, 1.165) is 6.54 Å². The van der Waals surface area contributed by atoms with Crippen LogP contribution in [0.25, 0.3) is 0 Å². The van der Waals surface area contributed by atoms with Gasteiger partial charge in [-0.05, 0) is 0 Å². The second-order valence-electron chi connectivity index (χ2n) is 0.993. The van der Waals surface area contributed by atoms with Gasteiger partial charge in [-0.25, -0.2) is 0 Å². The van der Waals surface area contributed by atoms with Gasteiger partial charge in [-0.15, -0.1) is 0 Å². The molecule has 0 fully saturated rings. The van der Waals surface area contributed by atoms with Gasteiger partial charge in [0.05, 0.1) is 0 Å². The third kappa shape index (κ3) is 3.88. The van der Waals surface area contributed by atoms with Gasteiger partial charge in [-0.1, -0.05) is 0 Å². The van der Waals surface area contributed by atoms with E-state index in [0.29, 0.717) is 13.2 Å². The molecule has 0 rings (SSSR count). The number of hydrogen-bond acceptors (Lipinski definition) is 3. The zero-order valence-corrected chi connectivity index (χ0v) is 3.78. The molecule has 0 heterocycles. The maximum Gasteiger partial charge on any atom is 0.0429 e. The first-order chi connectivity index (χ1) is 2.91. The molecule has 0 spiro atoms. The van der Waals surface area contributed by atoms with Crippen molar-refractivity contribution < 1.29 is 0 Å². The van der Waals surface area contributed by atoms with Crippen LogP contribution in [0.2, 0.25) is 0 Å². The highest BCUT2D eigenvalue weighted by molar-refractivity contribution is 4.38. The Balaban J connectivity index is 2.34. The lowest BCUT2D eigenvalue weighted by Crippen LogP contribution is -2.27. The topological polar surface area (TPSA) is 64.1 Å². The summed E-state index contributed by atoms with van der Waals surface area (Å²) in [5.74, 6) is 0. The summed E-state index contributed by atoms with van der Waals surface area (Å²) in [6, 6.07) is 0. The molecule has 0 aromatic rings. The molecule has 0 aliphatic carbocycles. The third-order valence-corrected chi connectivity index (χ3v) is 0.465. The van der Waals surface area contributed by atoms with E-state index >= 15 is 0 Å². The fourth-order valence-corrected chi connectivity index (χ4v) is 0.204. The third-order valence-electron chi connectivity index (χ3n) is 0.465. The van der Waals surface area contributed by atoms with Gasteiger partial charge in [-0.2, -0.15) is 0 Å². The van der Waals surface area contributed by atoms with Gasteiger partial charge in [0, 0.05) is 19.8 Å². The zero-order valence-electron chi connectivity index (χ0n) is 3.78. The monoisotopic (exact) mass is 89.1 g/mol. The van der Waals surface area contributed by atoms with Crippen molar-refractivity contribution in [3.05, 3.63) is 0 Å². The van der Waals surface area contributed by atoms with Gasteiger partial charge >= 0.3 is 0 Å². The van der Waals surface area contributed by atoms with Crippen LogP contribution < -0.4 is 16.8 Å². The van der Waals surface area contributed by atoms with Crippen molar-refractivity contribution in [3.63, 3.8) is 0 Å². The molecule has 0 aliphatic rings. The van der Waals surface area contributed by atoms with Crippen LogP contribution in [0.1, 0.15) is 0 Å². The SMILES string of the molecule is NCCNCN. The second-order valence-corrected chi connectivity index (χ2v) is 0.993. The summed E-state index contributed by atoms with van der Waals surface area (Å²) in [5, 5.41) is 2.85. The van der Waals surface area contributed by atoms with Crippen molar-refractivity contribution >= 4 is 0 Å². The lowest BCUT2D eigenvalue weighted by atomic mass is 10.7. The molecule has 0 radical (unpaired) electrons. The second kappa shape index (κ2) is 4.88. The predicted molar refractivity (Wildman–Crippen MR) is 26.1 cm³/mol. The molecule has 0 aliphatic heterocycles. The molecule has 0 unspecified atom stereocenters. The van der Waals surface area contributed by atoms with Crippen LogP contribution in [0.3, 0.4) is 0 Å². The Labute approximate surface area is 37.7 Å². The van der Waals surface area contributed by atoms with Gasteiger partial charge in [0.2, 0.25) is 0 Å². The Morgan fingerprint density at radius 2 is 2.00 bits per heavy atom. The standard InChI is InChI=1S/C3H11N3/c4-1-2-6-3-5/h6H,1-5H2. The fraction of sp³-hybridized carbons (Fsp3) is 1.00. The van der Waals surface area contributed by atoms with Crippen LogP contribution in [-0.4, -0.2) is 19.8 Å². The van der Waals surface area contributed by atoms with E-state index in [1.165, 1.54) is 0 Å². The average molecular weight is 89.1 g/mol. The van der Waals surface area contributed by atoms with Crippen LogP contribution in [0.15, 0.2) is 0 Å². The quantitative estimate of drug-likeness (QED) is 0.290. The molecule has 0 amide bonds. The lowest BCUT2D eigenvalue weighted by Gasteiger charge is -1.92. The van der Waals surface area contributed by atoms with Crippen molar-refractivity contribution in [2.75, 3.05) is 19.8 Å². The summed E-state index contributed by atoms with van der Waals surface area (Å²) in [5.41, 5.74) is 10.1.